The lowest BCUT2D eigenvalue weighted by molar-refractivity contribution is -0.118. The minimum Gasteiger partial charge on any atom is -0.344 e. The summed E-state index contributed by atoms with van der Waals surface area (Å²) in [6.45, 7) is 2.10. The van der Waals surface area contributed by atoms with Gasteiger partial charge in [-0.15, -0.1) is 6.42 Å². The monoisotopic (exact) mass is 271 g/mol. The van der Waals surface area contributed by atoms with Crippen LogP contribution in [-0.2, 0) is 4.79 Å². The number of aryl methyl sites for hydroxylation is 1. The van der Waals surface area contributed by atoms with Gasteiger partial charge in [0.25, 0.3) is 0 Å². The standard InChI is InChI=1S/C14H13N3OS/c1-3-8-15-13(18)9-19-14-11-6-4-5-7-12(11)16-10(2)17-14/h1,4-7H,8-9H2,2H3,(H,15,18). The number of amides is 1. The lowest BCUT2D eigenvalue weighted by Crippen LogP contribution is -2.25. The predicted molar refractivity (Wildman–Crippen MR) is 76.8 cm³/mol. The van der Waals surface area contributed by atoms with Crippen LogP contribution in [0.15, 0.2) is 29.3 Å². The van der Waals surface area contributed by atoms with Crippen LogP contribution >= 0.6 is 11.8 Å². The second-order valence-corrected chi connectivity index (χ2v) is 4.83. The van der Waals surface area contributed by atoms with E-state index in [1.54, 1.807) is 0 Å². The second kappa shape index (κ2) is 6.21. The summed E-state index contributed by atoms with van der Waals surface area (Å²) in [6, 6.07) is 7.76. The summed E-state index contributed by atoms with van der Waals surface area (Å²) in [6.07, 6.45) is 5.09. The Morgan fingerprint density at radius 1 is 1.42 bits per heavy atom. The number of fused-ring (bicyclic) bond motifs is 1. The zero-order chi connectivity index (χ0) is 13.7. The van der Waals surface area contributed by atoms with Gasteiger partial charge >= 0.3 is 0 Å². The summed E-state index contributed by atoms with van der Waals surface area (Å²) in [5, 5.41) is 4.41. The Morgan fingerprint density at radius 3 is 3.00 bits per heavy atom. The van der Waals surface area contributed by atoms with E-state index < -0.39 is 0 Å². The second-order valence-electron chi connectivity index (χ2n) is 3.86. The van der Waals surface area contributed by atoms with Crippen LogP contribution in [0.3, 0.4) is 0 Å². The highest BCUT2D eigenvalue weighted by atomic mass is 32.2. The third-order valence-corrected chi connectivity index (χ3v) is 3.40. The minimum atomic E-state index is -0.0942. The molecule has 19 heavy (non-hydrogen) atoms. The van der Waals surface area contributed by atoms with Crippen molar-refractivity contribution in [3.05, 3.63) is 30.1 Å². The lowest BCUT2D eigenvalue weighted by Gasteiger charge is -2.06. The largest absolute Gasteiger partial charge is 0.344 e. The normalized spacial score (nSPS) is 10.1. The van der Waals surface area contributed by atoms with Crippen molar-refractivity contribution < 1.29 is 4.79 Å². The molecule has 1 amide bonds. The predicted octanol–water partition coefficient (Wildman–Crippen LogP) is 1.78. The molecule has 5 heteroatoms. The fraction of sp³-hybridized carbons (Fsp3) is 0.214. The average Bonchev–Trinajstić information content (AvgIpc) is 2.42. The van der Waals surface area contributed by atoms with Crippen LogP contribution in [0.1, 0.15) is 5.82 Å². The molecule has 1 heterocycles. The molecule has 2 rings (SSSR count). The minimum absolute atomic E-state index is 0.0942. The van der Waals surface area contributed by atoms with Crippen molar-refractivity contribution in [3.63, 3.8) is 0 Å². The van der Waals surface area contributed by atoms with Gasteiger partial charge in [0.2, 0.25) is 5.91 Å². The van der Waals surface area contributed by atoms with Gasteiger partial charge in [0.05, 0.1) is 17.8 Å². The molecule has 0 spiro atoms. The number of nitrogens with zero attached hydrogens (tertiary/aromatic N) is 2. The molecule has 0 fully saturated rings. The summed E-state index contributed by atoms with van der Waals surface area (Å²) in [5.41, 5.74) is 0.890. The highest BCUT2D eigenvalue weighted by molar-refractivity contribution is 8.00. The average molecular weight is 271 g/mol. The zero-order valence-corrected chi connectivity index (χ0v) is 11.3. The molecule has 0 bridgehead atoms. The first-order chi connectivity index (χ1) is 9.20. The molecule has 2 aromatic rings. The highest BCUT2D eigenvalue weighted by Gasteiger charge is 2.08. The van der Waals surface area contributed by atoms with Crippen LogP contribution in [0.4, 0.5) is 0 Å². The van der Waals surface area contributed by atoms with Gasteiger partial charge in [0.15, 0.2) is 0 Å². The summed E-state index contributed by atoms with van der Waals surface area (Å²) in [7, 11) is 0. The van der Waals surface area contributed by atoms with Crippen LogP contribution < -0.4 is 5.32 Å². The first-order valence-corrected chi connectivity index (χ1v) is 6.75. The van der Waals surface area contributed by atoms with E-state index >= 15 is 0 Å². The Hall–Kier alpha value is -2.06. The van der Waals surface area contributed by atoms with E-state index in [4.69, 9.17) is 6.42 Å². The first kappa shape index (κ1) is 13.4. The van der Waals surface area contributed by atoms with Gasteiger partial charge in [0, 0.05) is 5.39 Å². The van der Waals surface area contributed by atoms with Gasteiger partial charge in [-0.2, -0.15) is 0 Å². The van der Waals surface area contributed by atoms with Gasteiger partial charge in [0.1, 0.15) is 10.9 Å². The molecule has 1 aromatic carbocycles. The van der Waals surface area contributed by atoms with Crippen molar-refractivity contribution in [2.75, 3.05) is 12.3 Å². The van der Waals surface area contributed by atoms with E-state index in [-0.39, 0.29) is 12.5 Å². The molecule has 0 aliphatic rings. The van der Waals surface area contributed by atoms with Crippen molar-refractivity contribution in [3.8, 4) is 12.3 Å². The topological polar surface area (TPSA) is 54.9 Å². The first-order valence-electron chi connectivity index (χ1n) is 5.77. The van der Waals surface area contributed by atoms with Crippen LogP contribution in [0.5, 0.6) is 0 Å². The van der Waals surface area contributed by atoms with Crippen LogP contribution in [0.2, 0.25) is 0 Å². The molecule has 1 N–H and O–H groups in total. The number of hydrogen-bond acceptors (Lipinski definition) is 4. The number of para-hydroxylation sites is 1. The van der Waals surface area contributed by atoms with E-state index in [1.165, 1.54) is 11.8 Å². The Balaban J connectivity index is 2.16. The van der Waals surface area contributed by atoms with E-state index in [0.717, 1.165) is 15.9 Å². The van der Waals surface area contributed by atoms with Crippen molar-refractivity contribution in [2.45, 2.75) is 11.9 Å². The third kappa shape index (κ3) is 3.46. The third-order valence-electron chi connectivity index (χ3n) is 2.41. The Morgan fingerprint density at radius 2 is 2.21 bits per heavy atom. The number of thioether (sulfide) groups is 1. The fourth-order valence-corrected chi connectivity index (χ4v) is 2.50. The van der Waals surface area contributed by atoms with Crippen molar-refractivity contribution >= 4 is 28.6 Å². The van der Waals surface area contributed by atoms with Gasteiger partial charge < -0.3 is 5.32 Å². The number of carbonyl (C=O) groups excluding carboxylic acids is 1. The SMILES string of the molecule is C#CCNC(=O)CSc1nc(C)nc2ccccc12. The van der Waals surface area contributed by atoms with Crippen molar-refractivity contribution in [2.24, 2.45) is 0 Å². The quantitative estimate of drug-likeness (QED) is 0.523. The molecule has 1 aromatic heterocycles. The number of hydrogen-bond donors (Lipinski definition) is 1. The van der Waals surface area contributed by atoms with E-state index in [0.29, 0.717) is 11.6 Å². The molecule has 0 unspecified atom stereocenters. The molecule has 0 radical (unpaired) electrons. The smallest absolute Gasteiger partial charge is 0.231 e. The Bertz CT molecular complexity index is 649. The lowest BCUT2D eigenvalue weighted by atomic mass is 10.2. The van der Waals surface area contributed by atoms with Gasteiger partial charge in [-0.1, -0.05) is 35.9 Å². The van der Waals surface area contributed by atoms with Gasteiger partial charge in [-0.05, 0) is 13.0 Å². The summed E-state index contributed by atoms with van der Waals surface area (Å²) in [4.78, 5) is 20.3. The van der Waals surface area contributed by atoms with Crippen LogP contribution in [-0.4, -0.2) is 28.2 Å². The fourth-order valence-electron chi connectivity index (χ4n) is 1.60. The molecular formula is C14H13N3OS. The van der Waals surface area contributed by atoms with Crippen LogP contribution in [0.25, 0.3) is 10.9 Å². The number of rotatable bonds is 4. The maximum Gasteiger partial charge on any atom is 0.231 e. The van der Waals surface area contributed by atoms with Gasteiger partial charge in [-0.3, -0.25) is 4.79 Å². The van der Waals surface area contributed by atoms with Gasteiger partial charge in [-0.25, -0.2) is 9.97 Å². The molecule has 0 aliphatic carbocycles. The maximum absolute atomic E-state index is 11.5. The molecule has 0 atom stereocenters. The number of carbonyl (C=O) groups is 1. The summed E-state index contributed by atoms with van der Waals surface area (Å²) in [5.74, 6) is 3.27. The Kier molecular flexibility index (Phi) is 4.37. The maximum atomic E-state index is 11.5. The van der Waals surface area contributed by atoms with E-state index in [9.17, 15) is 4.79 Å². The molecule has 0 saturated heterocycles. The number of benzene rings is 1. The van der Waals surface area contributed by atoms with Crippen molar-refractivity contribution in [1.29, 1.82) is 0 Å². The van der Waals surface area contributed by atoms with Crippen molar-refractivity contribution in [1.82, 2.24) is 15.3 Å². The zero-order valence-electron chi connectivity index (χ0n) is 10.5. The molecular weight excluding hydrogens is 258 g/mol. The highest BCUT2D eigenvalue weighted by Crippen LogP contribution is 2.24. The summed E-state index contributed by atoms with van der Waals surface area (Å²) < 4.78 is 0. The van der Waals surface area contributed by atoms with E-state index in [1.807, 2.05) is 31.2 Å². The number of terminal acetylenes is 1. The molecule has 0 saturated carbocycles. The van der Waals surface area contributed by atoms with Crippen LogP contribution in [0, 0.1) is 19.3 Å². The summed E-state index contributed by atoms with van der Waals surface area (Å²) >= 11 is 1.39. The Labute approximate surface area is 116 Å². The number of aromatic nitrogens is 2. The molecule has 96 valence electrons. The van der Waals surface area contributed by atoms with E-state index in [2.05, 4.69) is 21.2 Å². The molecule has 4 nitrogen and oxygen atoms in total. The number of nitrogens with one attached hydrogen (secondary N) is 1. The molecule has 0 aliphatic heterocycles.